The highest BCUT2D eigenvalue weighted by atomic mass is 35.5. The quantitative estimate of drug-likeness (QED) is 0.460. The number of carbonyl (C=O) groups is 2. The van der Waals surface area contributed by atoms with E-state index in [1.165, 1.54) is 10.1 Å². The number of rotatable bonds is 7. The van der Waals surface area contributed by atoms with Gasteiger partial charge >= 0.3 is 11.7 Å². The van der Waals surface area contributed by atoms with Gasteiger partial charge in [-0.05, 0) is 69.8 Å². The van der Waals surface area contributed by atoms with Gasteiger partial charge in [-0.25, -0.2) is 9.59 Å². The summed E-state index contributed by atoms with van der Waals surface area (Å²) in [5.41, 5.74) is 12.5. The highest BCUT2D eigenvalue weighted by Crippen LogP contribution is 2.24. The minimum atomic E-state index is -0.946. The van der Waals surface area contributed by atoms with Crippen molar-refractivity contribution in [3.05, 3.63) is 52.6 Å². The third kappa shape index (κ3) is 7.81. The van der Waals surface area contributed by atoms with Crippen molar-refractivity contribution in [3.63, 3.8) is 0 Å². The van der Waals surface area contributed by atoms with Crippen LogP contribution in [0.25, 0.3) is 5.69 Å². The average Bonchev–Trinajstić information content (AvgIpc) is 2.92. The first-order valence-corrected chi connectivity index (χ1v) is 13.9. The minimum absolute atomic E-state index is 0. The van der Waals surface area contributed by atoms with Gasteiger partial charge in [-0.15, -0.1) is 12.4 Å². The Bertz CT molecular complexity index is 1200. The molecule has 2 fully saturated rings. The Labute approximate surface area is 242 Å². The van der Waals surface area contributed by atoms with Crippen molar-refractivity contribution in [2.75, 3.05) is 38.0 Å². The zero-order chi connectivity index (χ0) is 28.2. The average molecular weight is 575 g/mol. The summed E-state index contributed by atoms with van der Waals surface area (Å²) in [6.45, 7) is 8.95. The molecule has 0 atom stereocenters. The molecule has 220 valence electrons. The maximum Gasteiger partial charge on any atom is 0.354 e. The van der Waals surface area contributed by atoms with Gasteiger partial charge in [0.15, 0.2) is 0 Å². The Morgan fingerprint density at radius 2 is 1.62 bits per heavy atom. The van der Waals surface area contributed by atoms with E-state index >= 15 is 0 Å². The lowest BCUT2D eigenvalue weighted by molar-refractivity contribution is -0.137. The van der Waals surface area contributed by atoms with Gasteiger partial charge in [0.05, 0.1) is 11.2 Å². The normalized spacial score (nSPS) is 19.8. The molecule has 2 aliphatic rings. The summed E-state index contributed by atoms with van der Waals surface area (Å²) < 4.78 is 1.46. The fraction of sp³-hybridized carbons (Fsp3) is 0.571. The summed E-state index contributed by atoms with van der Waals surface area (Å²) in [5, 5.41) is 2.70. The minimum Gasteiger partial charge on any atom is -0.338 e. The SMILES string of the molecule is CCN(Cc1ccc(-n2ccc(NC(=O)N3CCN(C(=O)C(C)(C)N)CC3)nc2=O)cc1)C1CCC(N)CC1.Cl. The smallest absolute Gasteiger partial charge is 0.338 e. The zero-order valence-electron chi connectivity index (χ0n) is 23.7. The number of hydrogen-bond acceptors (Lipinski definition) is 7. The number of aromatic nitrogens is 2. The topological polar surface area (TPSA) is 143 Å². The third-order valence-corrected chi connectivity index (χ3v) is 7.71. The van der Waals surface area contributed by atoms with Crippen molar-refractivity contribution >= 4 is 30.2 Å². The Morgan fingerprint density at radius 3 is 2.17 bits per heavy atom. The Balaban J connectivity index is 0.00000441. The molecule has 1 aromatic heterocycles. The first kappa shape index (κ1) is 31.5. The van der Waals surface area contributed by atoms with E-state index in [0.29, 0.717) is 44.0 Å². The van der Waals surface area contributed by atoms with Crippen molar-refractivity contribution in [1.29, 1.82) is 0 Å². The molecule has 2 heterocycles. The molecule has 1 aromatic carbocycles. The van der Waals surface area contributed by atoms with Crippen LogP contribution in [0.4, 0.5) is 10.6 Å². The van der Waals surface area contributed by atoms with Gasteiger partial charge in [-0.3, -0.25) is 19.6 Å². The maximum absolute atomic E-state index is 12.8. The lowest BCUT2D eigenvalue weighted by Gasteiger charge is -2.37. The Morgan fingerprint density at radius 1 is 1.02 bits per heavy atom. The number of amides is 3. The van der Waals surface area contributed by atoms with Gasteiger partial charge in [0, 0.05) is 51.0 Å². The molecular weight excluding hydrogens is 532 g/mol. The molecule has 2 aromatic rings. The zero-order valence-corrected chi connectivity index (χ0v) is 24.5. The molecule has 40 heavy (non-hydrogen) atoms. The molecule has 4 rings (SSSR count). The Kier molecular flexibility index (Phi) is 10.7. The highest BCUT2D eigenvalue weighted by molar-refractivity contribution is 5.89. The molecule has 1 saturated heterocycles. The fourth-order valence-corrected chi connectivity index (χ4v) is 5.34. The van der Waals surface area contributed by atoms with E-state index < -0.39 is 11.2 Å². The van der Waals surface area contributed by atoms with Crippen molar-refractivity contribution in [1.82, 2.24) is 24.3 Å². The van der Waals surface area contributed by atoms with Crippen LogP contribution in [0.5, 0.6) is 0 Å². The van der Waals surface area contributed by atoms with E-state index in [9.17, 15) is 14.4 Å². The van der Waals surface area contributed by atoms with Crippen molar-refractivity contribution in [2.24, 2.45) is 11.5 Å². The van der Waals surface area contributed by atoms with E-state index in [1.807, 2.05) is 24.3 Å². The van der Waals surface area contributed by atoms with E-state index in [4.69, 9.17) is 11.5 Å². The number of urea groups is 1. The number of benzene rings is 1. The van der Waals surface area contributed by atoms with Crippen molar-refractivity contribution in [2.45, 2.75) is 70.6 Å². The van der Waals surface area contributed by atoms with E-state index in [2.05, 4.69) is 22.1 Å². The van der Waals surface area contributed by atoms with Crippen LogP contribution < -0.4 is 22.5 Å². The number of hydrogen-bond donors (Lipinski definition) is 3. The van der Waals surface area contributed by atoms with Crippen LogP contribution in [-0.2, 0) is 11.3 Å². The van der Waals surface area contributed by atoms with Crippen molar-refractivity contribution < 1.29 is 9.59 Å². The first-order chi connectivity index (χ1) is 18.5. The number of anilines is 1. The summed E-state index contributed by atoms with van der Waals surface area (Å²) in [5.74, 6) is 0.0447. The van der Waals surface area contributed by atoms with Gasteiger partial charge in [0.1, 0.15) is 5.82 Å². The van der Waals surface area contributed by atoms with E-state index in [0.717, 1.165) is 38.8 Å². The van der Waals surface area contributed by atoms with Crippen LogP contribution in [0, 0.1) is 0 Å². The molecule has 3 amide bonds. The largest absolute Gasteiger partial charge is 0.354 e. The van der Waals surface area contributed by atoms with Crippen LogP contribution in [0.3, 0.4) is 0 Å². The summed E-state index contributed by atoms with van der Waals surface area (Å²) in [6.07, 6.45) is 6.05. The van der Waals surface area contributed by atoms with Crippen molar-refractivity contribution in [3.8, 4) is 5.69 Å². The molecule has 12 heteroatoms. The molecular formula is C28H43ClN8O3. The number of halogens is 1. The maximum atomic E-state index is 12.8. The van der Waals surface area contributed by atoms with Gasteiger partial charge in [-0.2, -0.15) is 4.98 Å². The number of nitrogens with one attached hydrogen (secondary N) is 1. The molecule has 0 bridgehead atoms. The van der Waals surface area contributed by atoms with Gasteiger partial charge in [0.25, 0.3) is 0 Å². The molecule has 5 N–H and O–H groups in total. The second kappa shape index (κ2) is 13.6. The van der Waals surface area contributed by atoms with Crippen LogP contribution >= 0.6 is 12.4 Å². The molecule has 1 aliphatic carbocycles. The predicted molar refractivity (Wildman–Crippen MR) is 159 cm³/mol. The summed E-state index contributed by atoms with van der Waals surface area (Å²) in [7, 11) is 0. The number of nitrogens with two attached hydrogens (primary N) is 2. The van der Waals surface area contributed by atoms with Crippen LogP contribution in [0.1, 0.15) is 52.0 Å². The monoisotopic (exact) mass is 574 g/mol. The van der Waals surface area contributed by atoms with Crippen LogP contribution in [0.15, 0.2) is 41.3 Å². The van der Waals surface area contributed by atoms with Crippen LogP contribution in [-0.4, -0.2) is 86.5 Å². The second-order valence-electron chi connectivity index (χ2n) is 11.2. The molecule has 0 radical (unpaired) electrons. The number of piperazine rings is 1. The molecule has 11 nitrogen and oxygen atoms in total. The summed E-state index contributed by atoms with van der Waals surface area (Å²) in [4.78, 5) is 47.7. The standard InChI is InChI=1S/C28H42N8O3.ClH/c1-4-33(22-11-7-21(29)8-12-22)19-20-5-9-23(10-6-20)36-14-13-24(32-27(36)39)31-26(38)35-17-15-34(16-18-35)25(37)28(2,3)30;/h5-6,9-10,13-14,21-22H,4,7-8,11-12,15-19,29-30H2,1-3H3,(H,31,32,38,39);1H. The summed E-state index contributed by atoms with van der Waals surface area (Å²) in [6, 6.07) is 10.1. The predicted octanol–water partition coefficient (Wildman–Crippen LogP) is 2.16. The Hall–Kier alpha value is -2.99. The molecule has 1 saturated carbocycles. The number of carbonyl (C=O) groups excluding carboxylic acids is 2. The summed E-state index contributed by atoms with van der Waals surface area (Å²) >= 11 is 0. The second-order valence-corrected chi connectivity index (χ2v) is 11.2. The lowest BCUT2D eigenvalue weighted by Crippen LogP contribution is -2.58. The molecule has 0 unspecified atom stereocenters. The first-order valence-electron chi connectivity index (χ1n) is 13.9. The third-order valence-electron chi connectivity index (χ3n) is 7.71. The number of nitrogens with zero attached hydrogens (tertiary/aromatic N) is 5. The van der Waals surface area contributed by atoms with Gasteiger partial charge < -0.3 is 21.3 Å². The van der Waals surface area contributed by atoms with Gasteiger partial charge in [0.2, 0.25) is 5.91 Å². The fourth-order valence-electron chi connectivity index (χ4n) is 5.34. The molecule has 0 spiro atoms. The van der Waals surface area contributed by atoms with Gasteiger partial charge in [-0.1, -0.05) is 19.1 Å². The lowest BCUT2D eigenvalue weighted by atomic mass is 9.90. The van der Waals surface area contributed by atoms with E-state index in [1.54, 1.807) is 35.9 Å². The molecule has 1 aliphatic heterocycles. The highest BCUT2D eigenvalue weighted by Gasteiger charge is 2.31. The van der Waals surface area contributed by atoms with Crippen LogP contribution in [0.2, 0.25) is 0 Å². The van der Waals surface area contributed by atoms with E-state index in [-0.39, 0.29) is 30.2 Å².